The fourth-order valence-electron chi connectivity index (χ4n) is 3.59. The van der Waals surface area contributed by atoms with Crippen LogP contribution in [0.4, 0.5) is 0 Å². The van der Waals surface area contributed by atoms with Crippen LogP contribution in [0.2, 0.25) is 0 Å². The van der Waals surface area contributed by atoms with E-state index in [4.69, 9.17) is 9.47 Å². The molecule has 1 saturated carbocycles. The van der Waals surface area contributed by atoms with Gasteiger partial charge in [0.05, 0.1) is 17.5 Å². The molecule has 2 aromatic heterocycles. The molecule has 3 heterocycles. The van der Waals surface area contributed by atoms with Crippen molar-refractivity contribution in [1.82, 2.24) is 9.88 Å². The Labute approximate surface area is 145 Å². The quantitative estimate of drug-likeness (QED) is 0.859. The normalized spacial score (nSPS) is 26.2. The highest BCUT2D eigenvalue weighted by Gasteiger charge is 2.46. The van der Waals surface area contributed by atoms with Crippen LogP contribution >= 0.6 is 11.3 Å². The lowest BCUT2D eigenvalue weighted by Crippen LogP contribution is -2.54. The van der Waals surface area contributed by atoms with Gasteiger partial charge in [0.15, 0.2) is 0 Å². The molecule has 6 heteroatoms. The second kappa shape index (κ2) is 6.53. The molecular weight excluding hydrogens is 324 g/mol. The van der Waals surface area contributed by atoms with Gasteiger partial charge in [0.25, 0.3) is 5.91 Å². The summed E-state index contributed by atoms with van der Waals surface area (Å²) in [6, 6.07) is 7.71. The number of rotatable bonds is 3. The number of thiophene rings is 1. The van der Waals surface area contributed by atoms with Gasteiger partial charge in [0, 0.05) is 18.8 Å². The summed E-state index contributed by atoms with van der Waals surface area (Å²) in [6.45, 7) is 3.19. The highest BCUT2D eigenvalue weighted by molar-refractivity contribution is 7.12. The first-order chi connectivity index (χ1) is 11.7. The van der Waals surface area contributed by atoms with E-state index in [0.29, 0.717) is 19.0 Å². The van der Waals surface area contributed by atoms with Gasteiger partial charge in [-0.25, -0.2) is 4.98 Å². The Morgan fingerprint density at radius 2 is 2.29 bits per heavy atom. The number of hydrogen-bond acceptors (Lipinski definition) is 5. The first kappa shape index (κ1) is 15.6. The van der Waals surface area contributed by atoms with Crippen molar-refractivity contribution in [2.24, 2.45) is 0 Å². The lowest BCUT2D eigenvalue weighted by molar-refractivity contribution is -0.0792. The van der Waals surface area contributed by atoms with Crippen LogP contribution in [-0.4, -0.2) is 47.2 Å². The highest BCUT2D eigenvalue weighted by atomic mass is 32.1. The van der Waals surface area contributed by atoms with E-state index in [-0.39, 0.29) is 24.2 Å². The fourth-order valence-corrected chi connectivity index (χ4v) is 4.47. The van der Waals surface area contributed by atoms with Crippen molar-refractivity contribution in [3.63, 3.8) is 0 Å². The van der Waals surface area contributed by atoms with Crippen molar-refractivity contribution in [3.8, 4) is 5.88 Å². The summed E-state index contributed by atoms with van der Waals surface area (Å²) in [7, 11) is 0. The molecule has 0 unspecified atom stereocenters. The number of carbonyl (C=O) groups excluding carboxylic acids is 1. The zero-order valence-corrected chi connectivity index (χ0v) is 14.4. The van der Waals surface area contributed by atoms with Gasteiger partial charge in [-0.05, 0) is 42.8 Å². The van der Waals surface area contributed by atoms with Gasteiger partial charge < -0.3 is 14.4 Å². The lowest BCUT2D eigenvalue weighted by atomic mass is 10.1. The third-order valence-corrected chi connectivity index (χ3v) is 5.77. The Morgan fingerprint density at radius 1 is 1.38 bits per heavy atom. The number of ether oxygens (including phenoxy) is 2. The second-order valence-electron chi connectivity index (χ2n) is 6.24. The van der Waals surface area contributed by atoms with Gasteiger partial charge in [-0.2, -0.15) is 0 Å². The molecular formula is C18H20N2O3S. The summed E-state index contributed by atoms with van der Waals surface area (Å²) in [5.41, 5.74) is 1.05. The fraction of sp³-hybridized carbons (Fsp3) is 0.444. The molecule has 1 aliphatic carbocycles. The number of hydrogen-bond donors (Lipinski definition) is 0. The minimum absolute atomic E-state index is 0.0510. The zero-order chi connectivity index (χ0) is 16.5. The summed E-state index contributed by atoms with van der Waals surface area (Å²) >= 11 is 1.52. The van der Waals surface area contributed by atoms with Crippen LogP contribution in [-0.2, 0) is 4.74 Å². The van der Waals surface area contributed by atoms with Gasteiger partial charge >= 0.3 is 0 Å². The largest absolute Gasteiger partial charge is 0.471 e. The summed E-state index contributed by atoms with van der Waals surface area (Å²) in [5.74, 6) is 0.739. The molecule has 2 aromatic rings. The molecule has 0 N–H and O–H groups in total. The van der Waals surface area contributed by atoms with Crippen LogP contribution in [0.25, 0.3) is 0 Å². The van der Waals surface area contributed by atoms with Gasteiger partial charge in [-0.3, -0.25) is 4.79 Å². The lowest BCUT2D eigenvalue weighted by Gasteiger charge is -2.38. The molecule has 1 aliphatic heterocycles. The second-order valence-corrected chi connectivity index (χ2v) is 7.15. The summed E-state index contributed by atoms with van der Waals surface area (Å²) in [6.07, 6.45) is 3.37. The van der Waals surface area contributed by atoms with E-state index in [0.717, 1.165) is 23.3 Å². The molecule has 0 bridgehead atoms. The van der Waals surface area contributed by atoms with Crippen molar-refractivity contribution < 1.29 is 14.3 Å². The molecule has 5 nitrogen and oxygen atoms in total. The molecule has 1 amide bonds. The maximum absolute atomic E-state index is 12.9. The van der Waals surface area contributed by atoms with Crippen LogP contribution in [0.15, 0.2) is 35.8 Å². The molecule has 126 valence electrons. The first-order valence-corrected chi connectivity index (χ1v) is 9.16. The Morgan fingerprint density at radius 3 is 3.04 bits per heavy atom. The van der Waals surface area contributed by atoms with Gasteiger partial charge in [0.1, 0.15) is 12.2 Å². The maximum Gasteiger partial charge on any atom is 0.264 e. The van der Waals surface area contributed by atoms with Crippen LogP contribution in [0, 0.1) is 6.92 Å². The molecule has 2 fully saturated rings. The number of fused-ring (bicyclic) bond motifs is 1. The third kappa shape index (κ3) is 2.80. The topological polar surface area (TPSA) is 51.7 Å². The van der Waals surface area contributed by atoms with E-state index in [1.807, 2.05) is 41.5 Å². The molecule has 1 saturated heterocycles. The number of nitrogens with zero attached hydrogens (tertiary/aromatic N) is 2. The standard InChI is InChI=1S/C18H20N2O3S/c1-12-7-11-24-17(12)18(21)20-9-10-22-16-13(20)5-6-14(16)23-15-4-2-3-8-19-15/h2-4,7-8,11,13-14,16H,5-6,9-10H2,1H3/t13-,14+,16+/m1/s1. The van der Waals surface area contributed by atoms with E-state index in [1.165, 1.54) is 11.3 Å². The first-order valence-electron chi connectivity index (χ1n) is 8.28. The molecule has 2 aliphatic rings. The number of carbonyl (C=O) groups is 1. The Hall–Kier alpha value is -1.92. The molecule has 3 atom stereocenters. The van der Waals surface area contributed by atoms with Crippen molar-refractivity contribution in [2.45, 2.75) is 38.0 Å². The predicted octanol–water partition coefficient (Wildman–Crippen LogP) is 2.90. The van der Waals surface area contributed by atoms with E-state index in [9.17, 15) is 4.79 Å². The Bertz CT molecular complexity index is 718. The monoisotopic (exact) mass is 344 g/mol. The van der Waals surface area contributed by atoms with Crippen LogP contribution in [0.3, 0.4) is 0 Å². The Balaban J connectivity index is 1.50. The average Bonchev–Trinajstić information content (AvgIpc) is 3.22. The van der Waals surface area contributed by atoms with Crippen molar-refractivity contribution >= 4 is 17.2 Å². The Kier molecular flexibility index (Phi) is 4.24. The van der Waals surface area contributed by atoms with E-state index in [1.54, 1.807) is 6.20 Å². The van der Waals surface area contributed by atoms with Gasteiger partial charge in [-0.1, -0.05) is 6.07 Å². The average molecular weight is 344 g/mol. The number of aromatic nitrogens is 1. The van der Waals surface area contributed by atoms with Crippen molar-refractivity contribution in [2.75, 3.05) is 13.2 Å². The molecule has 0 radical (unpaired) electrons. The number of pyridine rings is 1. The highest BCUT2D eigenvalue weighted by Crippen LogP contribution is 2.34. The smallest absolute Gasteiger partial charge is 0.264 e. The van der Waals surface area contributed by atoms with Crippen LogP contribution in [0.1, 0.15) is 28.1 Å². The summed E-state index contributed by atoms with van der Waals surface area (Å²) in [5, 5.41) is 1.97. The molecule has 0 aromatic carbocycles. The van der Waals surface area contributed by atoms with Crippen molar-refractivity contribution in [3.05, 3.63) is 46.3 Å². The van der Waals surface area contributed by atoms with E-state index < -0.39 is 0 Å². The number of morpholine rings is 1. The van der Waals surface area contributed by atoms with E-state index in [2.05, 4.69) is 4.98 Å². The summed E-state index contributed by atoms with van der Waals surface area (Å²) < 4.78 is 12.0. The zero-order valence-electron chi connectivity index (χ0n) is 13.6. The number of amides is 1. The van der Waals surface area contributed by atoms with Crippen LogP contribution in [0.5, 0.6) is 5.88 Å². The van der Waals surface area contributed by atoms with Gasteiger partial charge in [0.2, 0.25) is 5.88 Å². The maximum atomic E-state index is 12.9. The predicted molar refractivity (Wildman–Crippen MR) is 91.5 cm³/mol. The van der Waals surface area contributed by atoms with E-state index >= 15 is 0 Å². The van der Waals surface area contributed by atoms with Gasteiger partial charge in [-0.15, -0.1) is 11.3 Å². The number of aryl methyl sites for hydroxylation is 1. The van der Waals surface area contributed by atoms with Crippen molar-refractivity contribution in [1.29, 1.82) is 0 Å². The molecule has 4 rings (SSSR count). The minimum atomic E-state index is -0.0787. The SMILES string of the molecule is Cc1ccsc1C(=O)N1CCO[C@@H]2[C@@H](Oc3ccccn3)CC[C@H]21. The summed E-state index contributed by atoms with van der Waals surface area (Å²) in [4.78, 5) is 20.0. The minimum Gasteiger partial charge on any atom is -0.471 e. The van der Waals surface area contributed by atoms with Crippen LogP contribution < -0.4 is 4.74 Å². The molecule has 24 heavy (non-hydrogen) atoms. The molecule has 0 spiro atoms. The third-order valence-electron chi connectivity index (χ3n) is 4.76.